The maximum Gasteiger partial charge on any atom is 0.229 e. The van der Waals surface area contributed by atoms with Gasteiger partial charge in [-0.05, 0) is 44.6 Å². The van der Waals surface area contributed by atoms with E-state index in [1.54, 1.807) is 33.2 Å². The molecule has 196 valence electrons. The Morgan fingerprint density at radius 3 is 2.47 bits per heavy atom. The number of aliphatic hydroxyl groups excluding tert-OH is 1. The third-order valence-corrected chi connectivity index (χ3v) is 8.51. The van der Waals surface area contributed by atoms with Crippen molar-refractivity contribution in [2.75, 3.05) is 20.6 Å². The number of primary amides is 1. The lowest BCUT2D eigenvalue weighted by Crippen LogP contribution is -2.81. The number of likely N-dealkylation sites (N-methyl/N-ethyl adjacent to an activating group) is 1. The maximum atomic E-state index is 14.2. The van der Waals surface area contributed by atoms with Gasteiger partial charge >= 0.3 is 0 Å². The zero-order valence-electron chi connectivity index (χ0n) is 21.0. The largest absolute Gasteiger partial charge is 0.507 e. The Labute approximate surface area is 209 Å². The van der Waals surface area contributed by atoms with Gasteiger partial charge in [0.1, 0.15) is 17.3 Å². The van der Waals surface area contributed by atoms with Crippen LogP contribution in [0.15, 0.2) is 18.2 Å². The van der Waals surface area contributed by atoms with Crippen molar-refractivity contribution in [3.05, 3.63) is 29.3 Å². The number of carbonyl (C=O) groups is 4. The number of nitrogens with one attached hydrogen (secondary N) is 1. The average Bonchev–Trinajstić information content (AvgIpc) is 2.80. The van der Waals surface area contributed by atoms with Crippen molar-refractivity contribution in [2.24, 2.45) is 29.4 Å². The highest BCUT2D eigenvalue weighted by atomic mass is 16.3. The van der Waals surface area contributed by atoms with Gasteiger partial charge in [-0.1, -0.05) is 32.4 Å². The second-order valence-electron chi connectivity index (χ2n) is 10.6. The minimum Gasteiger partial charge on any atom is -0.507 e. The summed E-state index contributed by atoms with van der Waals surface area (Å²) in [5.41, 5.74) is 3.69. The number of phenolic OH excluding ortho intramolecular Hbond substituents is 1. The second-order valence-corrected chi connectivity index (χ2v) is 10.6. The molecule has 1 aromatic carbocycles. The van der Waals surface area contributed by atoms with Gasteiger partial charge in [0.2, 0.25) is 5.91 Å². The first-order chi connectivity index (χ1) is 16.9. The van der Waals surface area contributed by atoms with Crippen LogP contribution in [-0.4, -0.2) is 87.9 Å². The molecule has 9 atom stereocenters. The van der Waals surface area contributed by atoms with E-state index in [0.29, 0.717) is 12.0 Å². The number of benzene rings is 1. The van der Waals surface area contributed by atoms with Crippen molar-refractivity contribution in [3.8, 4) is 5.75 Å². The topological polar surface area (TPSA) is 170 Å². The molecule has 10 heteroatoms. The van der Waals surface area contributed by atoms with Crippen molar-refractivity contribution in [1.29, 1.82) is 0 Å². The maximum absolute atomic E-state index is 14.2. The standard InChI is InChI=1S/C26H35N3O7/c1-5-6-10-28-23-17(25(27)35)22(33)19(29(3)4)18-21(32)14-11(2)12-8-7-9-13(30)15(12)20(31)16(14)24(34)26(18,23)36/h7-9,11,14,16-19,21,23,28,30,32,36H,5-6,10H2,1-4H3,(H2,27,35)/t11-,14+,16?,17?,18+,19-,21-,23+,26+/m0/s1. The summed E-state index contributed by atoms with van der Waals surface area (Å²) < 4.78 is 0. The lowest BCUT2D eigenvalue weighted by molar-refractivity contribution is -0.204. The van der Waals surface area contributed by atoms with Gasteiger partial charge in [-0.3, -0.25) is 24.1 Å². The molecule has 1 aromatic rings. The Hall–Kier alpha value is -2.66. The molecular weight excluding hydrogens is 466 g/mol. The molecule has 6 N–H and O–H groups in total. The number of fused-ring (bicyclic) bond motifs is 3. The molecule has 3 aliphatic rings. The molecule has 1 amide bonds. The van der Waals surface area contributed by atoms with E-state index in [0.717, 1.165) is 6.42 Å². The molecule has 0 saturated heterocycles. The predicted octanol–water partition coefficient (Wildman–Crippen LogP) is -0.412. The van der Waals surface area contributed by atoms with Gasteiger partial charge in [-0.15, -0.1) is 0 Å². The van der Waals surface area contributed by atoms with Gasteiger partial charge in [0, 0.05) is 11.8 Å². The molecule has 0 bridgehead atoms. The van der Waals surface area contributed by atoms with Gasteiger partial charge in [0.15, 0.2) is 17.3 Å². The Morgan fingerprint density at radius 1 is 1.22 bits per heavy atom. The number of hydrogen-bond donors (Lipinski definition) is 5. The molecule has 3 aliphatic carbocycles. The van der Waals surface area contributed by atoms with E-state index in [9.17, 15) is 34.5 Å². The minimum atomic E-state index is -2.44. The van der Waals surface area contributed by atoms with E-state index in [4.69, 9.17) is 5.73 Å². The molecule has 0 aromatic heterocycles. The molecule has 2 fully saturated rings. The second kappa shape index (κ2) is 9.33. The third kappa shape index (κ3) is 3.53. The summed E-state index contributed by atoms with van der Waals surface area (Å²) in [6.07, 6.45) is -0.0360. The van der Waals surface area contributed by atoms with Gasteiger partial charge in [-0.25, -0.2) is 0 Å². The van der Waals surface area contributed by atoms with Crippen LogP contribution in [0.1, 0.15) is 48.5 Å². The van der Waals surface area contributed by atoms with E-state index in [1.165, 1.54) is 11.0 Å². The average molecular weight is 502 g/mol. The lowest BCUT2D eigenvalue weighted by atomic mass is 9.48. The fraction of sp³-hybridized carbons (Fsp3) is 0.615. The van der Waals surface area contributed by atoms with Crippen molar-refractivity contribution in [1.82, 2.24) is 10.2 Å². The lowest BCUT2D eigenvalue weighted by Gasteiger charge is -2.59. The summed E-state index contributed by atoms with van der Waals surface area (Å²) in [6.45, 7) is 3.97. The van der Waals surface area contributed by atoms with E-state index in [1.807, 2.05) is 6.92 Å². The zero-order valence-corrected chi connectivity index (χ0v) is 21.0. The van der Waals surface area contributed by atoms with Crippen molar-refractivity contribution in [2.45, 2.75) is 56.4 Å². The normalized spacial score (nSPS) is 37.9. The smallest absolute Gasteiger partial charge is 0.229 e. The van der Waals surface area contributed by atoms with E-state index in [-0.39, 0.29) is 17.9 Å². The van der Waals surface area contributed by atoms with Crippen LogP contribution >= 0.6 is 0 Å². The Bertz CT molecular complexity index is 1110. The number of amides is 1. The minimum absolute atomic E-state index is 0.00756. The number of nitrogens with two attached hydrogens (primary N) is 1. The highest BCUT2D eigenvalue weighted by molar-refractivity contribution is 6.18. The SMILES string of the molecule is CCCCN[C@@H]1C(C(N)=O)C(=O)[C@@H](N(C)C)[C@@H]2[C@@H](O)[C@H]3C(C(=O)c4c(O)cccc4[C@@H]3C)C(=O)[C@@]21O. The van der Waals surface area contributed by atoms with Gasteiger partial charge < -0.3 is 26.4 Å². The van der Waals surface area contributed by atoms with E-state index >= 15 is 0 Å². The van der Waals surface area contributed by atoms with Gasteiger partial charge in [0.05, 0.1) is 29.7 Å². The fourth-order valence-corrected chi connectivity index (χ4v) is 6.89. The summed E-state index contributed by atoms with van der Waals surface area (Å²) in [5, 5.41) is 37.5. The summed E-state index contributed by atoms with van der Waals surface area (Å²) in [4.78, 5) is 55.6. The number of carbonyl (C=O) groups excluding carboxylic acids is 4. The summed E-state index contributed by atoms with van der Waals surface area (Å²) in [7, 11) is 3.13. The summed E-state index contributed by atoms with van der Waals surface area (Å²) in [5.74, 6) is -9.20. The number of ketones is 3. The highest BCUT2D eigenvalue weighted by Gasteiger charge is 2.72. The molecule has 4 rings (SSSR count). The van der Waals surface area contributed by atoms with Crippen molar-refractivity contribution in [3.63, 3.8) is 0 Å². The molecule has 2 unspecified atom stereocenters. The number of aromatic hydroxyl groups is 1. The van der Waals surface area contributed by atoms with Crippen LogP contribution in [-0.2, 0) is 14.4 Å². The number of aliphatic hydroxyl groups is 2. The van der Waals surface area contributed by atoms with Gasteiger partial charge in [-0.2, -0.15) is 0 Å². The Balaban J connectivity index is 1.94. The number of nitrogens with zero attached hydrogens (tertiary/aromatic N) is 1. The van der Waals surface area contributed by atoms with E-state index in [2.05, 4.69) is 5.32 Å². The van der Waals surface area contributed by atoms with Crippen LogP contribution in [0.2, 0.25) is 0 Å². The quantitative estimate of drug-likeness (QED) is 0.257. The monoisotopic (exact) mass is 501 g/mol. The highest BCUT2D eigenvalue weighted by Crippen LogP contribution is 2.55. The van der Waals surface area contributed by atoms with Gasteiger partial charge in [0.25, 0.3) is 0 Å². The molecule has 10 nitrogen and oxygen atoms in total. The Morgan fingerprint density at radius 2 is 1.89 bits per heavy atom. The molecule has 0 aliphatic heterocycles. The first kappa shape index (κ1) is 26.4. The van der Waals surface area contributed by atoms with Crippen LogP contribution < -0.4 is 11.1 Å². The number of unbranched alkanes of at least 4 members (excludes halogenated alkanes) is 1. The fourth-order valence-electron chi connectivity index (χ4n) is 6.89. The molecule has 36 heavy (non-hydrogen) atoms. The molecule has 2 saturated carbocycles. The first-order valence-corrected chi connectivity index (χ1v) is 12.4. The van der Waals surface area contributed by atoms with E-state index < -0.39 is 76.6 Å². The third-order valence-electron chi connectivity index (χ3n) is 8.51. The predicted molar refractivity (Wildman–Crippen MR) is 129 cm³/mol. The number of Topliss-reactive ketones (excluding diaryl/α,β-unsaturated/α-hetero) is 3. The number of phenols is 1. The van der Waals surface area contributed by atoms with Crippen LogP contribution in [0.25, 0.3) is 0 Å². The molecule has 0 radical (unpaired) electrons. The molecule has 0 heterocycles. The molecular formula is C26H35N3O7. The van der Waals surface area contributed by atoms with Crippen molar-refractivity contribution < 1.29 is 34.5 Å². The Kier molecular flexibility index (Phi) is 6.85. The number of rotatable bonds is 6. The van der Waals surface area contributed by atoms with Crippen LogP contribution in [0.3, 0.4) is 0 Å². The summed E-state index contributed by atoms with van der Waals surface area (Å²) >= 11 is 0. The zero-order chi connectivity index (χ0) is 26.7. The summed E-state index contributed by atoms with van der Waals surface area (Å²) in [6, 6.07) is 2.00. The molecule has 0 spiro atoms. The van der Waals surface area contributed by atoms with Crippen LogP contribution in [0, 0.1) is 23.7 Å². The number of hydrogen-bond acceptors (Lipinski definition) is 9. The first-order valence-electron chi connectivity index (χ1n) is 12.4. The van der Waals surface area contributed by atoms with Crippen LogP contribution in [0.4, 0.5) is 0 Å². The van der Waals surface area contributed by atoms with Crippen LogP contribution in [0.5, 0.6) is 5.75 Å². The van der Waals surface area contributed by atoms with Crippen molar-refractivity contribution >= 4 is 23.3 Å².